The Labute approximate surface area is 138 Å². The van der Waals surface area contributed by atoms with Crippen molar-refractivity contribution >= 4 is 0 Å². The zero-order valence-corrected chi connectivity index (χ0v) is 14.1. The van der Waals surface area contributed by atoms with Gasteiger partial charge in [-0.2, -0.15) is 0 Å². The Morgan fingerprint density at radius 1 is 1.26 bits per heavy atom. The number of ether oxygens (including phenoxy) is 4. The molecule has 1 fully saturated rings. The largest absolute Gasteiger partial charge is 0.497 e. The number of allylic oxidation sites excluding steroid dienone is 1. The highest BCUT2D eigenvalue weighted by molar-refractivity contribution is 5.13. The molecule has 1 aromatic rings. The van der Waals surface area contributed by atoms with Crippen LogP contribution in [0.15, 0.2) is 30.2 Å². The second-order valence-electron chi connectivity index (χ2n) is 5.88. The van der Waals surface area contributed by atoms with Gasteiger partial charge in [-0.3, -0.25) is 4.98 Å². The van der Waals surface area contributed by atoms with E-state index in [1.54, 1.807) is 6.26 Å². The lowest BCUT2D eigenvalue weighted by Crippen LogP contribution is -2.23. The van der Waals surface area contributed by atoms with E-state index in [0.717, 1.165) is 36.3 Å². The molecule has 2 heterocycles. The van der Waals surface area contributed by atoms with Gasteiger partial charge in [0.2, 0.25) is 0 Å². The van der Waals surface area contributed by atoms with Gasteiger partial charge >= 0.3 is 0 Å². The molecular weight excluding hydrogens is 294 g/mol. The topological polar surface area (TPSA) is 49.8 Å². The molecule has 1 aliphatic heterocycles. The summed E-state index contributed by atoms with van der Waals surface area (Å²) in [5.74, 6) is 0. The normalized spacial score (nSPS) is 17.7. The first kappa shape index (κ1) is 17.9. The van der Waals surface area contributed by atoms with Gasteiger partial charge in [0.1, 0.15) is 6.61 Å². The highest BCUT2D eigenvalue weighted by Crippen LogP contribution is 2.13. The molecule has 1 aromatic heterocycles. The van der Waals surface area contributed by atoms with Crippen LogP contribution in [0.5, 0.6) is 0 Å². The van der Waals surface area contributed by atoms with Gasteiger partial charge in [-0.15, -0.1) is 0 Å². The van der Waals surface area contributed by atoms with Crippen molar-refractivity contribution in [1.29, 1.82) is 0 Å². The molecule has 0 aliphatic carbocycles. The van der Waals surface area contributed by atoms with E-state index in [-0.39, 0.29) is 6.29 Å². The van der Waals surface area contributed by atoms with Crippen LogP contribution in [0.2, 0.25) is 0 Å². The van der Waals surface area contributed by atoms with Crippen LogP contribution in [0.4, 0.5) is 0 Å². The van der Waals surface area contributed by atoms with E-state index in [2.05, 4.69) is 4.98 Å². The molecule has 1 aliphatic rings. The molecule has 0 saturated carbocycles. The predicted molar refractivity (Wildman–Crippen MR) is 87.7 cm³/mol. The van der Waals surface area contributed by atoms with Crippen LogP contribution in [0, 0.1) is 0 Å². The predicted octanol–water partition coefficient (Wildman–Crippen LogP) is 3.58. The summed E-state index contributed by atoms with van der Waals surface area (Å²) in [7, 11) is 0. The second-order valence-corrected chi connectivity index (χ2v) is 5.88. The average molecular weight is 321 g/mol. The van der Waals surface area contributed by atoms with E-state index in [0.29, 0.717) is 26.4 Å². The fourth-order valence-corrected chi connectivity index (χ4v) is 2.19. The molecule has 0 amide bonds. The number of pyridine rings is 1. The van der Waals surface area contributed by atoms with Crippen LogP contribution < -0.4 is 0 Å². The molecule has 2 rings (SSSR count). The molecule has 1 unspecified atom stereocenters. The van der Waals surface area contributed by atoms with E-state index in [1.165, 1.54) is 6.42 Å². The Bertz CT molecular complexity index is 462. The van der Waals surface area contributed by atoms with Crippen molar-refractivity contribution in [3.63, 3.8) is 0 Å². The van der Waals surface area contributed by atoms with Crippen LogP contribution in [-0.2, 0) is 32.2 Å². The minimum Gasteiger partial charge on any atom is -0.497 e. The van der Waals surface area contributed by atoms with E-state index in [4.69, 9.17) is 18.9 Å². The van der Waals surface area contributed by atoms with Gasteiger partial charge in [0, 0.05) is 18.4 Å². The summed E-state index contributed by atoms with van der Waals surface area (Å²) in [5.41, 5.74) is 3.10. The van der Waals surface area contributed by atoms with Crippen molar-refractivity contribution < 1.29 is 18.9 Å². The van der Waals surface area contributed by atoms with Crippen molar-refractivity contribution in [2.24, 2.45) is 0 Å². The summed E-state index contributed by atoms with van der Waals surface area (Å²) in [6.07, 6.45) is 6.83. The van der Waals surface area contributed by atoms with Gasteiger partial charge < -0.3 is 18.9 Å². The van der Waals surface area contributed by atoms with Gasteiger partial charge in [-0.05, 0) is 44.7 Å². The lowest BCUT2D eigenvalue weighted by atomic mass is 10.2. The van der Waals surface area contributed by atoms with E-state index >= 15 is 0 Å². The quantitative estimate of drug-likeness (QED) is 0.514. The van der Waals surface area contributed by atoms with Crippen LogP contribution in [0.1, 0.15) is 44.4 Å². The zero-order chi connectivity index (χ0) is 16.3. The number of rotatable bonds is 9. The maximum absolute atomic E-state index is 5.61. The Hall–Kier alpha value is -1.43. The van der Waals surface area contributed by atoms with Crippen LogP contribution in [-0.4, -0.2) is 31.1 Å². The molecule has 0 spiro atoms. The molecule has 23 heavy (non-hydrogen) atoms. The van der Waals surface area contributed by atoms with Gasteiger partial charge in [0.05, 0.1) is 31.8 Å². The summed E-state index contributed by atoms with van der Waals surface area (Å²) in [5, 5.41) is 0. The van der Waals surface area contributed by atoms with E-state index in [9.17, 15) is 0 Å². The fourth-order valence-electron chi connectivity index (χ4n) is 2.19. The zero-order valence-electron chi connectivity index (χ0n) is 14.1. The molecule has 0 aromatic carbocycles. The maximum Gasteiger partial charge on any atom is 0.157 e. The molecule has 5 nitrogen and oxygen atoms in total. The summed E-state index contributed by atoms with van der Waals surface area (Å²) in [6, 6.07) is 3.98. The van der Waals surface area contributed by atoms with Crippen LogP contribution in [0.25, 0.3) is 0 Å². The van der Waals surface area contributed by atoms with E-state index in [1.807, 2.05) is 32.2 Å². The van der Waals surface area contributed by atoms with E-state index < -0.39 is 0 Å². The first-order valence-corrected chi connectivity index (χ1v) is 8.24. The standard InChI is InChI=1S/C18H27NO4/c1-15(2)12-21-13-16-6-7-17(19-11-16)14-20-9-10-23-18-5-3-4-8-22-18/h6-7,11-12,18H,3-5,8-10,13-14H2,1-2H3. The highest BCUT2D eigenvalue weighted by atomic mass is 16.7. The SMILES string of the molecule is CC(C)=COCc1ccc(COCCOC2CCCCO2)nc1. The number of aromatic nitrogens is 1. The molecule has 1 saturated heterocycles. The van der Waals surface area contributed by atoms with Crippen molar-refractivity contribution in [1.82, 2.24) is 4.98 Å². The minimum atomic E-state index is -0.0504. The fraction of sp³-hybridized carbons (Fsp3) is 0.611. The summed E-state index contributed by atoms with van der Waals surface area (Å²) < 4.78 is 22.1. The average Bonchev–Trinajstić information content (AvgIpc) is 2.56. The van der Waals surface area contributed by atoms with Gasteiger partial charge in [-0.1, -0.05) is 6.07 Å². The first-order chi connectivity index (χ1) is 11.2. The van der Waals surface area contributed by atoms with Crippen LogP contribution in [0.3, 0.4) is 0 Å². The van der Waals surface area contributed by atoms with Crippen molar-refractivity contribution in [2.75, 3.05) is 19.8 Å². The number of nitrogens with zero attached hydrogens (tertiary/aromatic N) is 1. The maximum atomic E-state index is 5.61. The summed E-state index contributed by atoms with van der Waals surface area (Å²) in [4.78, 5) is 4.37. The second kappa shape index (κ2) is 10.4. The first-order valence-electron chi connectivity index (χ1n) is 8.24. The van der Waals surface area contributed by atoms with Gasteiger partial charge in [-0.25, -0.2) is 0 Å². The Balaban J connectivity index is 1.57. The van der Waals surface area contributed by atoms with Crippen molar-refractivity contribution in [2.45, 2.75) is 52.6 Å². The van der Waals surface area contributed by atoms with Crippen molar-refractivity contribution in [3.8, 4) is 0 Å². The summed E-state index contributed by atoms with van der Waals surface area (Å²) >= 11 is 0. The molecule has 1 atom stereocenters. The lowest BCUT2D eigenvalue weighted by molar-refractivity contribution is -0.169. The smallest absolute Gasteiger partial charge is 0.157 e. The highest BCUT2D eigenvalue weighted by Gasteiger charge is 2.13. The molecule has 128 valence electrons. The monoisotopic (exact) mass is 321 g/mol. The molecule has 0 radical (unpaired) electrons. The summed E-state index contributed by atoms with van der Waals surface area (Å²) in [6.45, 7) is 6.94. The Morgan fingerprint density at radius 3 is 2.87 bits per heavy atom. The molecule has 0 N–H and O–H groups in total. The minimum absolute atomic E-state index is 0.0504. The third-order valence-electron chi connectivity index (χ3n) is 3.37. The van der Waals surface area contributed by atoms with Crippen molar-refractivity contribution in [3.05, 3.63) is 41.4 Å². The van der Waals surface area contributed by atoms with Crippen LogP contribution >= 0.6 is 0 Å². The molecular formula is C18H27NO4. The Morgan fingerprint density at radius 2 is 2.17 bits per heavy atom. The lowest BCUT2D eigenvalue weighted by Gasteiger charge is -2.22. The Kier molecular flexibility index (Phi) is 8.07. The number of hydrogen-bond donors (Lipinski definition) is 0. The number of hydrogen-bond acceptors (Lipinski definition) is 5. The van der Waals surface area contributed by atoms with Gasteiger partial charge in [0.25, 0.3) is 0 Å². The molecule has 5 heteroatoms. The molecule has 0 bridgehead atoms. The van der Waals surface area contributed by atoms with Gasteiger partial charge in [0.15, 0.2) is 6.29 Å². The third kappa shape index (κ3) is 7.59. The third-order valence-corrected chi connectivity index (χ3v) is 3.37.